The van der Waals surface area contributed by atoms with Gasteiger partial charge in [0.05, 0.1) is 0 Å². The fraction of sp³-hybridized carbons (Fsp3) is 0.667. The van der Waals surface area contributed by atoms with Crippen molar-refractivity contribution in [1.29, 1.82) is 0 Å². The van der Waals surface area contributed by atoms with Gasteiger partial charge in [-0.05, 0) is 13.8 Å². The van der Waals surface area contributed by atoms with Crippen LogP contribution in [0.25, 0.3) is 0 Å². The highest BCUT2D eigenvalue weighted by Crippen LogP contribution is 2.14. The minimum Gasteiger partial charge on any atom is -0.354 e. The molecular weight excluding hydrogens is 244 g/mol. The highest BCUT2D eigenvalue weighted by molar-refractivity contribution is 7.92. The highest BCUT2D eigenvalue weighted by Gasteiger charge is 2.38. The van der Waals surface area contributed by atoms with Gasteiger partial charge in [0.25, 0.3) is 0 Å². The Kier molecular flexibility index (Phi) is 3.87. The molecule has 0 radical (unpaired) electrons. The fourth-order valence-electron chi connectivity index (χ4n) is 1.03. The Morgan fingerprint density at radius 2 is 2.18 bits per heavy atom. The zero-order valence-corrected chi connectivity index (χ0v) is 10.8. The smallest absolute Gasteiger partial charge is 0.240 e. The van der Waals surface area contributed by atoms with Crippen molar-refractivity contribution in [1.82, 2.24) is 20.5 Å². The molecule has 0 aliphatic carbocycles. The standard InChI is InChI=1S/C9H16N4O3S/c1-9(2,17(3,15)16)8(14)10-5-4-7-11-6-12-13-7/h6H,4-5H2,1-3H3,(H,10,14)(H,11,12,13). The van der Waals surface area contributed by atoms with Gasteiger partial charge in [0.15, 0.2) is 9.84 Å². The first kappa shape index (κ1) is 13.6. The lowest BCUT2D eigenvalue weighted by molar-refractivity contribution is -0.122. The minimum absolute atomic E-state index is 0.312. The molecule has 0 spiro atoms. The van der Waals surface area contributed by atoms with Crippen LogP contribution in [-0.4, -0.2) is 47.1 Å². The molecule has 0 aromatic carbocycles. The first-order chi connectivity index (χ1) is 7.75. The molecule has 7 nitrogen and oxygen atoms in total. The summed E-state index contributed by atoms with van der Waals surface area (Å²) in [4.78, 5) is 15.6. The molecule has 1 aromatic rings. The van der Waals surface area contributed by atoms with Crippen LogP contribution in [0.2, 0.25) is 0 Å². The van der Waals surface area contributed by atoms with E-state index < -0.39 is 20.5 Å². The summed E-state index contributed by atoms with van der Waals surface area (Å²) in [5.74, 6) is 0.127. The van der Waals surface area contributed by atoms with Gasteiger partial charge >= 0.3 is 0 Å². The quantitative estimate of drug-likeness (QED) is 0.727. The van der Waals surface area contributed by atoms with Crippen molar-refractivity contribution in [2.24, 2.45) is 0 Å². The second kappa shape index (κ2) is 4.82. The molecule has 0 aliphatic rings. The van der Waals surface area contributed by atoms with E-state index in [-0.39, 0.29) is 0 Å². The average molecular weight is 260 g/mol. The van der Waals surface area contributed by atoms with Crippen LogP contribution in [0.3, 0.4) is 0 Å². The number of H-pyrrole nitrogens is 1. The van der Waals surface area contributed by atoms with Crippen LogP contribution in [0.4, 0.5) is 0 Å². The molecule has 8 heteroatoms. The van der Waals surface area contributed by atoms with E-state index in [4.69, 9.17) is 0 Å². The zero-order valence-electron chi connectivity index (χ0n) is 10.0. The van der Waals surface area contributed by atoms with E-state index in [0.29, 0.717) is 18.8 Å². The second-order valence-electron chi connectivity index (χ2n) is 4.22. The van der Waals surface area contributed by atoms with E-state index in [9.17, 15) is 13.2 Å². The van der Waals surface area contributed by atoms with E-state index in [1.165, 1.54) is 20.2 Å². The van der Waals surface area contributed by atoms with Gasteiger partial charge in [-0.25, -0.2) is 13.4 Å². The van der Waals surface area contributed by atoms with E-state index >= 15 is 0 Å². The molecule has 1 heterocycles. The van der Waals surface area contributed by atoms with Crippen LogP contribution in [-0.2, 0) is 21.1 Å². The summed E-state index contributed by atoms with van der Waals surface area (Å²) in [7, 11) is -3.43. The second-order valence-corrected chi connectivity index (χ2v) is 6.79. The van der Waals surface area contributed by atoms with Crippen molar-refractivity contribution in [2.45, 2.75) is 25.0 Å². The summed E-state index contributed by atoms with van der Waals surface area (Å²) in [6.07, 6.45) is 2.90. The summed E-state index contributed by atoms with van der Waals surface area (Å²) < 4.78 is 21.4. The SMILES string of the molecule is CC(C)(C(=O)NCCc1ncn[nH]1)S(C)(=O)=O. The summed E-state index contributed by atoms with van der Waals surface area (Å²) in [5.41, 5.74) is 0. The fourth-order valence-corrected chi connectivity index (χ4v) is 1.44. The number of nitrogens with one attached hydrogen (secondary N) is 2. The van der Waals surface area contributed by atoms with Gasteiger partial charge in [0, 0.05) is 19.2 Å². The molecule has 0 aliphatic heterocycles. The normalized spacial score (nSPS) is 12.4. The lowest BCUT2D eigenvalue weighted by atomic mass is 10.2. The third-order valence-corrected chi connectivity index (χ3v) is 4.63. The Morgan fingerprint density at radius 3 is 2.65 bits per heavy atom. The van der Waals surface area contributed by atoms with Crippen LogP contribution in [0, 0.1) is 0 Å². The topological polar surface area (TPSA) is 105 Å². The van der Waals surface area contributed by atoms with E-state index in [1.54, 1.807) is 0 Å². The van der Waals surface area contributed by atoms with Crippen molar-refractivity contribution in [3.8, 4) is 0 Å². The maximum absolute atomic E-state index is 11.7. The third kappa shape index (κ3) is 3.26. The van der Waals surface area contributed by atoms with Crippen molar-refractivity contribution < 1.29 is 13.2 Å². The van der Waals surface area contributed by atoms with Crippen LogP contribution < -0.4 is 5.32 Å². The lowest BCUT2D eigenvalue weighted by Gasteiger charge is -2.21. The predicted octanol–water partition coefficient (Wildman–Crippen LogP) is -0.713. The predicted molar refractivity (Wildman–Crippen MR) is 62.0 cm³/mol. The monoisotopic (exact) mass is 260 g/mol. The van der Waals surface area contributed by atoms with Crippen molar-refractivity contribution >= 4 is 15.7 Å². The van der Waals surface area contributed by atoms with Crippen molar-refractivity contribution in [2.75, 3.05) is 12.8 Å². The number of carbonyl (C=O) groups is 1. The molecule has 2 N–H and O–H groups in total. The van der Waals surface area contributed by atoms with Crippen molar-refractivity contribution in [3.05, 3.63) is 12.2 Å². The number of sulfone groups is 1. The maximum atomic E-state index is 11.7. The number of carbonyl (C=O) groups excluding carboxylic acids is 1. The van der Waals surface area contributed by atoms with Gasteiger partial charge in [-0.2, -0.15) is 5.10 Å². The molecule has 0 atom stereocenters. The van der Waals surface area contributed by atoms with E-state index in [2.05, 4.69) is 20.5 Å². The first-order valence-electron chi connectivity index (χ1n) is 5.07. The molecule has 0 unspecified atom stereocenters. The van der Waals surface area contributed by atoms with E-state index in [1.807, 2.05) is 0 Å². The molecule has 0 bridgehead atoms. The molecule has 1 aromatic heterocycles. The average Bonchev–Trinajstić information content (AvgIpc) is 2.68. The Balaban J connectivity index is 2.50. The van der Waals surface area contributed by atoms with Gasteiger partial charge in [-0.1, -0.05) is 0 Å². The number of aromatic nitrogens is 3. The highest BCUT2D eigenvalue weighted by atomic mass is 32.2. The van der Waals surface area contributed by atoms with Crippen LogP contribution in [0.15, 0.2) is 6.33 Å². The molecule has 0 saturated carbocycles. The van der Waals surface area contributed by atoms with Gasteiger partial charge < -0.3 is 5.32 Å². The molecule has 17 heavy (non-hydrogen) atoms. The largest absolute Gasteiger partial charge is 0.354 e. The zero-order chi connectivity index (χ0) is 13.1. The molecule has 96 valence electrons. The summed E-state index contributed by atoms with van der Waals surface area (Å²) >= 11 is 0. The Labute approximate surface area is 99.9 Å². The summed E-state index contributed by atoms with van der Waals surface area (Å²) in [6.45, 7) is 3.07. The number of rotatable bonds is 5. The van der Waals surface area contributed by atoms with E-state index in [0.717, 1.165) is 6.26 Å². The molecule has 1 rings (SSSR count). The Morgan fingerprint density at radius 1 is 1.53 bits per heavy atom. The number of hydrogen-bond acceptors (Lipinski definition) is 5. The Bertz CT molecular complexity index is 478. The Hall–Kier alpha value is -1.44. The van der Waals surface area contributed by atoms with Crippen LogP contribution in [0.1, 0.15) is 19.7 Å². The number of aromatic amines is 1. The number of amides is 1. The van der Waals surface area contributed by atoms with Gasteiger partial charge in [-0.3, -0.25) is 9.89 Å². The molecule has 1 amide bonds. The van der Waals surface area contributed by atoms with Gasteiger partial charge in [-0.15, -0.1) is 0 Å². The summed E-state index contributed by atoms with van der Waals surface area (Å²) in [6, 6.07) is 0. The lowest BCUT2D eigenvalue weighted by Crippen LogP contribution is -2.48. The van der Waals surface area contributed by atoms with Crippen LogP contribution in [0.5, 0.6) is 0 Å². The van der Waals surface area contributed by atoms with Crippen molar-refractivity contribution in [3.63, 3.8) is 0 Å². The molecular formula is C9H16N4O3S. The number of hydrogen-bond donors (Lipinski definition) is 2. The number of nitrogens with zero attached hydrogens (tertiary/aromatic N) is 2. The maximum Gasteiger partial charge on any atom is 0.240 e. The van der Waals surface area contributed by atoms with Gasteiger partial charge in [0.2, 0.25) is 5.91 Å². The minimum atomic E-state index is -3.43. The summed E-state index contributed by atoms with van der Waals surface area (Å²) in [5, 5.41) is 8.87. The molecule has 0 fully saturated rings. The van der Waals surface area contributed by atoms with Crippen LogP contribution >= 0.6 is 0 Å². The first-order valence-corrected chi connectivity index (χ1v) is 6.96. The van der Waals surface area contributed by atoms with Gasteiger partial charge in [0.1, 0.15) is 16.9 Å². The third-order valence-electron chi connectivity index (χ3n) is 2.59. The molecule has 0 saturated heterocycles.